The van der Waals surface area contributed by atoms with Gasteiger partial charge in [0.2, 0.25) is 0 Å². The number of hydrogen-bond donors (Lipinski definition) is 0. The van der Waals surface area contributed by atoms with Crippen LogP contribution < -0.4 is 4.90 Å². The average Bonchev–Trinajstić information content (AvgIpc) is 2.77. The van der Waals surface area contributed by atoms with Crippen LogP contribution >= 0.6 is 11.6 Å². The number of anilines is 1. The molecule has 0 aromatic carbocycles. The molecule has 3 rings (SSSR count). The minimum Gasteiger partial charge on any atom is -0.378 e. The first kappa shape index (κ1) is 10.1. The maximum Gasteiger partial charge on any atom is 0.131 e. The summed E-state index contributed by atoms with van der Waals surface area (Å²) in [6, 6.07) is 1.97. The number of aromatic nitrogens is 1. The summed E-state index contributed by atoms with van der Waals surface area (Å²) in [5.41, 5.74) is 3.54. The summed E-state index contributed by atoms with van der Waals surface area (Å²) in [7, 11) is 0. The summed E-state index contributed by atoms with van der Waals surface area (Å²) >= 11 is 6.04. The molecule has 0 N–H and O–H groups in total. The summed E-state index contributed by atoms with van der Waals surface area (Å²) in [5.74, 6) is 0. The van der Waals surface area contributed by atoms with Crippen molar-refractivity contribution in [1.82, 2.24) is 4.98 Å². The number of hydrogen-bond acceptors (Lipinski definition) is 3. The molecular formula is C12H13ClN2O. The Bertz CT molecular complexity index is 439. The second kappa shape index (κ2) is 4.07. The number of rotatable bonds is 1. The molecule has 0 atom stereocenters. The van der Waals surface area contributed by atoms with E-state index in [0.29, 0.717) is 5.15 Å². The Morgan fingerprint density at radius 3 is 2.94 bits per heavy atom. The van der Waals surface area contributed by atoms with Gasteiger partial charge >= 0.3 is 0 Å². The average molecular weight is 237 g/mol. The van der Waals surface area contributed by atoms with Gasteiger partial charge in [0.05, 0.1) is 18.9 Å². The number of fused-ring (bicyclic) bond motifs is 1. The summed E-state index contributed by atoms with van der Waals surface area (Å²) in [4.78, 5) is 6.67. The molecular weight excluding hydrogens is 224 g/mol. The van der Waals surface area contributed by atoms with Gasteiger partial charge in [-0.2, -0.15) is 0 Å². The number of pyridine rings is 1. The summed E-state index contributed by atoms with van der Waals surface area (Å²) in [6.07, 6.45) is 5.15. The highest BCUT2D eigenvalue weighted by Crippen LogP contribution is 2.31. The van der Waals surface area contributed by atoms with Crippen LogP contribution in [-0.2, 0) is 11.2 Å². The van der Waals surface area contributed by atoms with E-state index in [1.807, 2.05) is 12.1 Å². The smallest absolute Gasteiger partial charge is 0.131 e. The minimum atomic E-state index is 0.576. The molecule has 1 fully saturated rings. The van der Waals surface area contributed by atoms with Crippen molar-refractivity contribution < 1.29 is 4.74 Å². The van der Waals surface area contributed by atoms with Crippen LogP contribution in [0, 0.1) is 0 Å². The molecule has 1 aromatic heterocycles. The van der Waals surface area contributed by atoms with Crippen LogP contribution in [0.25, 0.3) is 6.08 Å². The number of allylic oxidation sites excluding steroid dienone is 1. The molecule has 0 spiro atoms. The third kappa shape index (κ3) is 1.70. The first-order valence-electron chi connectivity index (χ1n) is 5.53. The Morgan fingerprint density at radius 1 is 1.31 bits per heavy atom. The zero-order valence-electron chi connectivity index (χ0n) is 8.95. The van der Waals surface area contributed by atoms with Crippen molar-refractivity contribution in [3.05, 3.63) is 28.6 Å². The highest BCUT2D eigenvalue weighted by Gasteiger charge is 2.19. The molecule has 0 amide bonds. The minimum absolute atomic E-state index is 0.576. The quantitative estimate of drug-likeness (QED) is 0.699. The Kier molecular flexibility index (Phi) is 2.58. The highest BCUT2D eigenvalue weighted by atomic mass is 35.5. The molecule has 1 aliphatic carbocycles. The van der Waals surface area contributed by atoms with Crippen LogP contribution in [0.5, 0.6) is 0 Å². The summed E-state index contributed by atoms with van der Waals surface area (Å²) < 4.78 is 5.36. The largest absolute Gasteiger partial charge is 0.378 e. The maximum absolute atomic E-state index is 6.04. The van der Waals surface area contributed by atoms with Gasteiger partial charge in [0.1, 0.15) is 5.15 Å². The lowest BCUT2D eigenvalue weighted by molar-refractivity contribution is 0.122. The number of nitrogens with zero attached hydrogens (tertiary/aromatic N) is 2. The van der Waals surface area contributed by atoms with E-state index < -0.39 is 0 Å². The van der Waals surface area contributed by atoms with E-state index in [2.05, 4.69) is 16.0 Å². The Morgan fingerprint density at radius 2 is 2.12 bits per heavy atom. The summed E-state index contributed by atoms with van der Waals surface area (Å²) in [6.45, 7) is 3.46. The molecule has 0 bridgehead atoms. The zero-order valence-corrected chi connectivity index (χ0v) is 9.70. The van der Waals surface area contributed by atoms with Crippen molar-refractivity contribution in [3.63, 3.8) is 0 Å². The first-order chi connectivity index (χ1) is 7.84. The first-order valence-corrected chi connectivity index (χ1v) is 5.91. The van der Waals surface area contributed by atoms with Crippen LogP contribution in [0.4, 0.5) is 5.69 Å². The Hall–Kier alpha value is -1.06. The van der Waals surface area contributed by atoms with Crippen molar-refractivity contribution >= 4 is 23.4 Å². The van der Waals surface area contributed by atoms with E-state index in [9.17, 15) is 0 Å². The van der Waals surface area contributed by atoms with Gasteiger partial charge in [0, 0.05) is 24.3 Å². The lowest BCUT2D eigenvalue weighted by atomic mass is 10.1. The fraction of sp³-hybridized carbons (Fsp3) is 0.417. The van der Waals surface area contributed by atoms with Crippen molar-refractivity contribution in [2.24, 2.45) is 0 Å². The molecule has 0 unspecified atom stereocenters. The molecule has 1 aromatic rings. The standard InChI is InChI=1S/C12H13ClN2O/c13-12-8-11(15-4-6-16-7-5-15)9-2-1-3-10(9)14-12/h1,3,8H,2,4-7H2. The van der Waals surface area contributed by atoms with E-state index in [0.717, 1.165) is 38.4 Å². The molecule has 0 radical (unpaired) electrons. The van der Waals surface area contributed by atoms with E-state index in [1.54, 1.807) is 0 Å². The zero-order chi connectivity index (χ0) is 11.0. The fourth-order valence-electron chi connectivity index (χ4n) is 2.27. The van der Waals surface area contributed by atoms with Crippen LogP contribution in [0.3, 0.4) is 0 Å². The van der Waals surface area contributed by atoms with Crippen LogP contribution in [0.1, 0.15) is 11.3 Å². The molecule has 16 heavy (non-hydrogen) atoms. The Labute approximate surface area is 99.7 Å². The van der Waals surface area contributed by atoms with Crippen LogP contribution in [0.15, 0.2) is 12.1 Å². The van der Waals surface area contributed by atoms with Crippen molar-refractivity contribution in [2.45, 2.75) is 6.42 Å². The second-order valence-electron chi connectivity index (χ2n) is 4.03. The maximum atomic E-state index is 6.04. The van der Waals surface area contributed by atoms with Crippen molar-refractivity contribution in [3.8, 4) is 0 Å². The van der Waals surface area contributed by atoms with Gasteiger partial charge in [0.15, 0.2) is 0 Å². The fourth-order valence-corrected chi connectivity index (χ4v) is 2.46. The highest BCUT2D eigenvalue weighted by molar-refractivity contribution is 6.29. The lowest BCUT2D eigenvalue weighted by Gasteiger charge is -2.30. The van der Waals surface area contributed by atoms with Gasteiger partial charge in [-0.05, 0) is 18.6 Å². The molecule has 2 aliphatic rings. The van der Waals surface area contributed by atoms with Crippen molar-refractivity contribution in [2.75, 3.05) is 31.2 Å². The molecule has 84 valence electrons. The predicted octanol–water partition coefficient (Wildman–Crippen LogP) is 2.14. The molecule has 3 nitrogen and oxygen atoms in total. The molecule has 0 saturated carbocycles. The lowest BCUT2D eigenvalue weighted by Crippen LogP contribution is -2.36. The number of morpholine rings is 1. The third-order valence-electron chi connectivity index (χ3n) is 3.05. The molecule has 1 saturated heterocycles. The monoisotopic (exact) mass is 236 g/mol. The Balaban J connectivity index is 2.00. The van der Waals surface area contributed by atoms with Crippen molar-refractivity contribution in [1.29, 1.82) is 0 Å². The SMILES string of the molecule is Clc1cc(N2CCOCC2)c2c(n1)C=CC2. The van der Waals surface area contributed by atoms with Gasteiger partial charge < -0.3 is 9.64 Å². The number of halogens is 1. The van der Waals surface area contributed by atoms with E-state index >= 15 is 0 Å². The predicted molar refractivity (Wildman–Crippen MR) is 65.0 cm³/mol. The van der Waals surface area contributed by atoms with Crippen LogP contribution in [-0.4, -0.2) is 31.3 Å². The third-order valence-corrected chi connectivity index (χ3v) is 3.24. The van der Waals surface area contributed by atoms with Gasteiger partial charge in [0.25, 0.3) is 0 Å². The van der Waals surface area contributed by atoms with Crippen LogP contribution in [0.2, 0.25) is 5.15 Å². The van der Waals surface area contributed by atoms with Gasteiger partial charge in [-0.1, -0.05) is 17.7 Å². The molecule has 1 aliphatic heterocycles. The summed E-state index contributed by atoms with van der Waals surface area (Å²) in [5, 5.41) is 0.576. The van der Waals surface area contributed by atoms with E-state index in [4.69, 9.17) is 16.3 Å². The van der Waals surface area contributed by atoms with E-state index in [1.165, 1.54) is 11.3 Å². The molecule has 4 heteroatoms. The van der Waals surface area contributed by atoms with Gasteiger partial charge in [-0.3, -0.25) is 0 Å². The topological polar surface area (TPSA) is 25.4 Å². The molecule has 2 heterocycles. The van der Waals surface area contributed by atoms with Gasteiger partial charge in [-0.15, -0.1) is 0 Å². The normalized spacial score (nSPS) is 18.9. The second-order valence-corrected chi connectivity index (χ2v) is 4.42. The number of ether oxygens (including phenoxy) is 1. The van der Waals surface area contributed by atoms with E-state index in [-0.39, 0.29) is 0 Å². The van der Waals surface area contributed by atoms with Gasteiger partial charge in [-0.25, -0.2) is 4.98 Å².